The van der Waals surface area contributed by atoms with Crippen LogP contribution in [0.4, 0.5) is 23.4 Å². The molecule has 0 amide bonds. The summed E-state index contributed by atoms with van der Waals surface area (Å²) in [5.41, 5.74) is -3.98. The lowest BCUT2D eigenvalue weighted by molar-refractivity contribution is -0.142. The van der Waals surface area contributed by atoms with Crippen LogP contribution in [0.2, 0.25) is 0 Å². The van der Waals surface area contributed by atoms with Crippen molar-refractivity contribution < 1.29 is 32.5 Å². The number of halogens is 4. The fourth-order valence-electron chi connectivity index (χ4n) is 8.60. The van der Waals surface area contributed by atoms with Crippen LogP contribution >= 0.6 is 0 Å². The van der Waals surface area contributed by atoms with Crippen molar-refractivity contribution in [3.05, 3.63) is 57.8 Å². The van der Waals surface area contributed by atoms with Crippen molar-refractivity contribution in [2.45, 2.75) is 68.4 Å². The van der Waals surface area contributed by atoms with Gasteiger partial charge in [-0.15, -0.1) is 6.42 Å². The number of phenols is 1. The van der Waals surface area contributed by atoms with E-state index < -0.39 is 34.7 Å². The number of rotatable bonds is 6. The van der Waals surface area contributed by atoms with Crippen LogP contribution in [0.15, 0.2) is 35.1 Å². The summed E-state index contributed by atoms with van der Waals surface area (Å²) in [6.45, 7) is 1.94. The lowest BCUT2D eigenvalue weighted by atomic mass is 9.95. The number of aromatic nitrogens is 3. The average Bonchev–Trinajstić information content (AvgIpc) is 3.75. The summed E-state index contributed by atoms with van der Waals surface area (Å²) < 4.78 is 66.7. The largest absolute Gasteiger partial charge is 0.508 e. The lowest BCUT2D eigenvalue weighted by Gasteiger charge is -2.35. The zero-order valence-electron chi connectivity index (χ0n) is 26.4. The van der Waals surface area contributed by atoms with E-state index in [1.165, 1.54) is 12.1 Å². The van der Waals surface area contributed by atoms with Gasteiger partial charge in [0, 0.05) is 42.7 Å². The number of alkyl halides is 3. The first kappa shape index (κ1) is 31.8. The Labute approximate surface area is 278 Å². The monoisotopic (exact) mass is 678 g/mol. The molecule has 4 aliphatic heterocycles. The Bertz CT molecular complexity index is 2090. The van der Waals surface area contributed by atoms with E-state index in [0.29, 0.717) is 17.7 Å². The van der Waals surface area contributed by atoms with E-state index in [9.17, 15) is 19.4 Å². The SMILES string of the molecule is C#Cc1c(F)ccc2cc(O)cc(-n3c(C(F)(F)F)cc4c(N5C[C@H]6CC[C@@H](C5)N6)nc(OC[C@]56CCCN5[C@@H](CO)CC6)nc4c3=O)c12. The standard InChI is InChI=1S/C35H34F4N6O4/c1-2-24-26(36)7-4-19-12-23(47)13-27(29(19)24)45-28(35(37,38)39)14-25-30(32(45)48)41-33(42-31(25)43-15-20-5-6-21(16-43)40-20)49-18-34-9-3-11-44(34)22(17-46)8-10-34/h1,4,7,12-14,20-22,40,46-47H,3,5-6,8-11,15-18H2/t20-,21+,22-,34-/m1/s1. The van der Waals surface area contributed by atoms with E-state index in [2.05, 4.69) is 26.1 Å². The number of hydrogen-bond donors (Lipinski definition) is 3. The molecule has 0 unspecified atom stereocenters. The molecule has 0 aliphatic carbocycles. The van der Waals surface area contributed by atoms with Crippen LogP contribution in [0.3, 0.4) is 0 Å². The van der Waals surface area contributed by atoms with Gasteiger partial charge >= 0.3 is 12.2 Å². The van der Waals surface area contributed by atoms with Crippen LogP contribution in [0.25, 0.3) is 27.4 Å². The first-order chi connectivity index (χ1) is 23.5. The third-order valence-corrected chi connectivity index (χ3v) is 10.8. The highest BCUT2D eigenvalue weighted by Gasteiger charge is 2.49. The number of aliphatic hydroxyl groups is 1. The molecule has 14 heteroatoms. The van der Waals surface area contributed by atoms with Gasteiger partial charge in [0.1, 0.15) is 35.2 Å². The van der Waals surface area contributed by atoms with Crippen molar-refractivity contribution in [2.24, 2.45) is 0 Å². The van der Waals surface area contributed by atoms with Gasteiger partial charge in [0.2, 0.25) is 0 Å². The zero-order valence-corrected chi connectivity index (χ0v) is 26.4. The number of piperazine rings is 1. The minimum Gasteiger partial charge on any atom is -0.508 e. The van der Waals surface area contributed by atoms with E-state index in [-0.39, 0.29) is 75.9 Å². The highest BCUT2D eigenvalue weighted by Crippen LogP contribution is 2.43. The van der Waals surface area contributed by atoms with E-state index >= 15 is 13.2 Å². The molecule has 4 saturated heterocycles. The number of nitrogens with one attached hydrogen (secondary N) is 1. The van der Waals surface area contributed by atoms with Crippen LogP contribution < -0.4 is 20.5 Å². The Balaban J connectivity index is 1.35. The van der Waals surface area contributed by atoms with Crippen molar-refractivity contribution in [3.63, 3.8) is 0 Å². The Morgan fingerprint density at radius 3 is 2.59 bits per heavy atom. The van der Waals surface area contributed by atoms with Gasteiger partial charge < -0.3 is 25.2 Å². The van der Waals surface area contributed by atoms with Gasteiger partial charge in [0.25, 0.3) is 5.56 Å². The first-order valence-electron chi connectivity index (χ1n) is 16.5. The number of terminal acetylenes is 1. The van der Waals surface area contributed by atoms with Crippen LogP contribution in [-0.4, -0.2) is 86.2 Å². The van der Waals surface area contributed by atoms with Crippen LogP contribution in [0.1, 0.15) is 49.8 Å². The van der Waals surface area contributed by atoms with Crippen LogP contribution in [0.5, 0.6) is 11.8 Å². The molecule has 49 heavy (non-hydrogen) atoms. The number of phenolic OH excluding ortho intramolecular Hbond substituents is 1. The van der Waals surface area contributed by atoms with Crippen molar-refractivity contribution in [1.82, 2.24) is 24.8 Å². The molecule has 2 aromatic carbocycles. The molecule has 4 aliphatic rings. The molecule has 6 heterocycles. The number of aliphatic hydroxyl groups excluding tert-OH is 1. The van der Waals surface area contributed by atoms with Gasteiger partial charge in [0.15, 0.2) is 0 Å². The smallest absolute Gasteiger partial charge is 0.431 e. The van der Waals surface area contributed by atoms with E-state index in [1.54, 1.807) is 0 Å². The summed E-state index contributed by atoms with van der Waals surface area (Å²) in [5.74, 6) is 1.04. The summed E-state index contributed by atoms with van der Waals surface area (Å²) in [4.78, 5) is 27.8. The van der Waals surface area contributed by atoms with E-state index in [4.69, 9.17) is 11.2 Å². The molecular formula is C35H34F4N6O4. The highest BCUT2D eigenvalue weighted by molar-refractivity contribution is 5.97. The molecule has 0 spiro atoms. The summed E-state index contributed by atoms with van der Waals surface area (Å²) in [5, 5.41) is 23.9. The highest BCUT2D eigenvalue weighted by atomic mass is 19.4. The number of benzene rings is 2. The van der Waals surface area contributed by atoms with Gasteiger partial charge in [0.05, 0.1) is 28.8 Å². The number of ether oxygens (including phenoxy) is 1. The predicted octanol–water partition coefficient (Wildman–Crippen LogP) is 4.09. The third kappa shape index (κ3) is 5.17. The molecule has 4 aromatic rings. The number of pyridine rings is 1. The maximum Gasteiger partial charge on any atom is 0.431 e. The summed E-state index contributed by atoms with van der Waals surface area (Å²) >= 11 is 0. The van der Waals surface area contributed by atoms with Gasteiger partial charge in [-0.1, -0.05) is 12.0 Å². The van der Waals surface area contributed by atoms with Crippen LogP contribution in [0, 0.1) is 18.2 Å². The summed E-state index contributed by atoms with van der Waals surface area (Å²) in [6.07, 6.45) is 5.71. The predicted molar refractivity (Wildman–Crippen MR) is 174 cm³/mol. The second kappa shape index (κ2) is 11.6. The molecule has 3 N–H and O–H groups in total. The molecule has 0 radical (unpaired) electrons. The summed E-state index contributed by atoms with van der Waals surface area (Å²) in [7, 11) is 0. The molecule has 8 rings (SSSR count). The Morgan fingerprint density at radius 1 is 1.10 bits per heavy atom. The summed E-state index contributed by atoms with van der Waals surface area (Å²) in [6, 6.07) is 5.43. The van der Waals surface area contributed by atoms with Crippen molar-refractivity contribution in [3.8, 4) is 29.8 Å². The topological polar surface area (TPSA) is 116 Å². The molecule has 4 atom stereocenters. The Kier molecular flexibility index (Phi) is 7.51. The second-order valence-corrected chi connectivity index (χ2v) is 13.6. The Hall–Kier alpha value is -4.45. The molecule has 2 aromatic heterocycles. The number of aromatic hydroxyl groups is 1. The maximum atomic E-state index is 15.0. The van der Waals surface area contributed by atoms with Gasteiger partial charge in [-0.05, 0) is 68.7 Å². The molecule has 10 nitrogen and oxygen atoms in total. The number of anilines is 1. The fourth-order valence-corrected chi connectivity index (χ4v) is 8.60. The van der Waals surface area contributed by atoms with Gasteiger partial charge in [-0.2, -0.15) is 23.1 Å². The number of fused-ring (bicyclic) bond motifs is 5. The number of nitrogens with zero attached hydrogens (tertiary/aromatic N) is 5. The fraction of sp³-hybridized carbons (Fsp3) is 0.457. The zero-order chi connectivity index (χ0) is 34.2. The van der Waals surface area contributed by atoms with Crippen molar-refractivity contribution in [2.75, 3.05) is 37.7 Å². The minimum absolute atomic E-state index is 0.0124. The number of hydrogen-bond acceptors (Lipinski definition) is 9. The van der Waals surface area contributed by atoms with Crippen molar-refractivity contribution >= 4 is 27.5 Å². The van der Waals surface area contributed by atoms with E-state index in [1.807, 2.05) is 4.90 Å². The second-order valence-electron chi connectivity index (χ2n) is 13.6. The van der Waals surface area contributed by atoms with Crippen molar-refractivity contribution in [1.29, 1.82) is 0 Å². The molecule has 256 valence electrons. The lowest BCUT2D eigenvalue weighted by Crippen LogP contribution is -2.51. The first-order valence-corrected chi connectivity index (χ1v) is 16.5. The van der Waals surface area contributed by atoms with Gasteiger partial charge in [-0.25, -0.2) is 4.39 Å². The maximum absolute atomic E-state index is 15.0. The molecule has 4 fully saturated rings. The molecule has 2 bridgehead atoms. The molecule has 0 saturated carbocycles. The van der Waals surface area contributed by atoms with Gasteiger partial charge in [-0.3, -0.25) is 14.3 Å². The normalized spacial score (nSPS) is 25.3. The minimum atomic E-state index is -5.07. The quantitative estimate of drug-likeness (QED) is 0.205. The van der Waals surface area contributed by atoms with Crippen LogP contribution in [-0.2, 0) is 6.18 Å². The molecular weight excluding hydrogens is 644 g/mol. The van der Waals surface area contributed by atoms with E-state index in [0.717, 1.165) is 63.3 Å². The average molecular weight is 679 g/mol. The third-order valence-electron chi connectivity index (χ3n) is 10.8. The Morgan fingerprint density at radius 2 is 1.88 bits per heavy atom.